The summed E-state index contributed by atoms with van der Waals surface area (Å²) in [5.41, 5.74) is 2.86. The fourth-order valence-corrected chi connectivity index (χ4v) is 2.72. The molecule has 122 valence electrons. The second-order valence-corrected chi connectivity index (χ2v) is 6.69. The van der Waals surface area contributed by atoms with Crippen molar-refractivity contribution in [1.29, 1.82) is 0 Å². The van der Waals surface area contributed by atoms with Crippen LogP contribution in [0.2, 0.25) is 5.02 Å². The van der Waals surface area contributed by atoms with Crippen LogP contribution in [0.25, 0.3) is 0 Å². The smallest absolute Gasteiger partial charge is 0.234 e. The number of benzene rings is 2. The van der Waals surface area contributed by atoms with Crippen molar-refractivity contribution in [2.24, 2.45) is 0 Å². The fraction of sp³-hybridized carbons (Fsp3) is 0.278. The monoisotopic (exact) mass is 349 g/mol. The first-order valence-corrected chi connectivity index (χ1v) is 8.91. The topological polar surface area (TPSA) is 38.3 Å². The summed E-state index contributed by atoms with van der Waals surface area (Å²) in [7, 11) is 0. The molecule has 3 nitrogen and oxygen atoms in total. The van der Waals surface area contributed by atoms with Crippen molar-refractivity contribution in [3.63, 3.8) is 0 Å². The Bertz CT molecular complexity index is 659. The van der Waals surface area contributed by atoms with Gasteiger partial charge in [0.25, 0.3) is 0 Å². The van der Waals surface area contributed by atoms with Crippen molar-refractivity contribution in [1.82, 2.24) is 0 Å². The predicted octanol–water partition coefficient (Wildman–Crippen LogP) is 4.71. The van der Waals surface area contributed by atoms with E-state index in [1.165, 1.54) is 5.56 Å². The molecule has 0 fully saturated rings. The molecule has 2 aromatic carbocycles. The van der Waals surface area contributed by atoms with Crippen LogP contribution in [0.3, 0.4) is 0 Å². The molecule has 2 aromatic rings. The maximum atomic E-state index is 11.9. The third-order valence-electron chi connectivity index (χ3n) is 3.29. The van der Waals surface area contributed by atoms with E-state index in [1.807, 2.05) is 56.3 Å². The standard InChI is InChI=1S/C18H20ClNO2S/c1-13-6-8-15(9-7-13)22-10-11-23-12-18(21)20-17-5-3-4-16(19)14(17)2/h3-9H,10-12H2,1-2H3,(H,20,21). The highest BCUT2D eigenvalue weighted by molar-refractivity contribution is 7.99. The van der Waals surface area contributed by atoms with Gasteiger partial charge in [-0.15, -0.1) is 11.8 Å². The zero-order chi connectivity index (χ0) is 16.7. The summed E-state index contributed by atoms with van der Waals surface area (Å²) >= 11 is 7.58. The van der Waals surface area contributed by atoms with E-state index < -0.39 is 0 Å². The Morgan fingerprint density at radius 2 is 1.91 bits per heavy atom. The molecule has 0 aliphatic rings. The maximum absolute atomic E-state index is 11.9. The van der Waals surface area contributed by atoms with Crippen molar-refractivity contribution >= 4 is 35.0 Å². The number of amides is 1. The van der Waals surface area contributed by atoms with Crippen LogP contribution in [0, 0.1) is 13.8 Å². The Morgan fingerprint density at radius 3 is 2.65 bits per heavy atom. The maximum Gasteiger partial charge on any atom is 0.234 e. The Labute approximate surface area is 146 Å². The number of ether oxygens (including phenoxy) is 1. The lowest BCUT2D eigenvalue weighted by Gasteiger charge is -2.09. The lowest BCUT2D eigenvalue weighted by Crippen LogP contribution is -2.16. The van der Waals surface area contributed by atoms with Crippen molar-refractivity contribution in [3.8, 4) is 5.75 Å². The van der Waals surface area contributed by atoms with Crippen LogP contribution in [0.15, 0.2) is 42.5 Å². The summed E-state index contributed by atoms with van der Waals surface area (Å²) in [5, 5.41) is 3.54. The average molecular weight is 350 g/mol. The third-order valence-corrected chi connectivity index (χ3v) is 4.62. The number of rotatable bonds is 7. The van der Waals surface area contributed by atoms with Gasteiger partial charge in [-0.25, -0.2) is 0 Å². The van der Waals surface area contributed by atoms with E-state index >= 15 is 0 Å². The molecule has 0 aromatic heterocycles. The summed E-state index contributed by atoms with van der Waals surface area (Å²) in [6, 6.07) is 13.4. The van der Waals surface area contributed by atoms with Crippen molar-refractivity contribution in [2.75, 3.05) is 23.4 Å². The summed E-state index contributed by atoms with van der Waals surface area (Å²) in [5.74, 6) is 1.98. The molecule has 1 N–H and O–H groups in total. The fourth-order valence-electron chi connectivity index (χ4n) is 1.95. The van der Waals surface area contributed by atoms with Gasteiger partial charge in [0.1, 0.15) is 5.75 Å². The normalized spacial score (nSPS) is 10.4. The first-order chi connectivity index (χ1) is 11.1. The van der Waals surface area contributed by atoms with Crippen LogP contribution < -0.4 is 10.1 Å². The predicted molar refractivity (Wildman–Crippen MR) is 98.8 cm³/mol. The Hall–Kier alpha value is -1.65. The SMILES string of the molecule is Cc1ccc(OCCSCC(=O)Nc2cccc(Cl)c2C)cc1. The van der Waals surface area contributed by atoms with Crippen LogP contribution in [-0.4, -0.2) is 24.0 Å². The van der Waals surface area contributed by atoms with E-state index in [2.05, 4.69) is 5.32 Å². The van der Waals surface area contributed by atoms with E-state index in [1.54, 1.807) is 11.8 Å². The van der Waals surface area contributed by atoms with E-state index in [9.17, 15) is 4.79 Å². The molecule has 0 heterocycles. The van der Waals surface area contributed by atoms with E-state index in [4.69, 9.17) is 16.3 Å². The van der Waals surface area contributed by atoms with Crippen molar-refractivity contribution in [2.45, 2.75) is 13.8 Å². The van der Waals surface area contributed by atoms with Gasteiger partial charge in [0.2, 0.25) is 5.91 Å². The number of hydrogen-bond donors (Lipinski definition) is 1. The highest BCUT2D eigenvalue weighted by Crippen LogP contribution is 2.23. The molecule has 0 saturated heterocycles. The van der Waals surface area contributed by atoms with Gasteiger partial charge >= 0.3 is 0 Å². The van der Waals surface area contributed by atoms with Gasteiger partial charge in [-0.05, 0) is 43.7 Å². The molecule has 0 unspecified atom stereocenters. The Balaban J connectivity index is 1.67. The first kappa shape index (κ1) is 17.7. The molecule has 5 heteroatoms. The number of halogens is 1. The minimum Gasteiger partial charge on any atom is -0.493 e. The van der Waals surface area contributed by atoms with Crippen LogP contribution in [-0.2, 0) is 4.79 Å². The molecule has 0 radical (unpaired) electrons. The van der Waals surface area contributed by atoms with Gasteiger partial charge < -0.3 is 10.1 Å². The molecular weight excluding hydrogens is 330 g/mol. The van der Waals surface area contributed by atoms with Gasteiger partial charge in [-0.3, -0.25) is 4.79 Å². The molecule has 0 spiro atoms. The van der Waals surface area contributed by atoms with Crippen LogP contribution in [0.4, 0.5) is 5.69 Å². The summed E-state index contributed by atoms with van der Waals surface area (Å²) < 4.78 is 5.63. The molecule has 0 bridgehead atoms. The van der Waals surface area contributed by atoms with E-state index in [0.29, 0.717) is 17.4 Å². The quantitative estimate of drug-likeness (QED) is 0.736. The number of anilines is 1. The van der Waals surface area contributed by atoms with Crippen molar-refractivity contribution < 1.29 is 9.53 Å². The Kier molecular flexibility index (Phi) is 6.81. The van der Waals surface area contributed by atoms with E-state index in [0.717, 1.165) is 22.8 Å². The molecular formula is C18H20ClNO2S. The zero-order valence-electron chi connectivity index (χ0n) is 13.3. The third kappa shape index (κ3) is 5.81. The number of carbonyl (C=O) groups excluding carboxylic acids is 1. The van der Waals surface area contributed by atoms with Gasteiger partial charge in [-0.1, -0.05) is 35.4 Å². The second kappa shape index (κ2) is 8.85. The second-order valence-electron chi connectivity index (χ2n) is 5.17. The zero-order valence-corrected chi connectivity index (χ0v) is 14.8. The molecule has 2 rings (SSSR count). The highest BCUT2D eigenvalue weighted by Gasteiger charge is 2.06. The van der Waals surface area contributed by atoms with Crippen LogP contribution >= 0.6 is 23.4 Å². The van der Waals surface area contributed by atoms with Crippen molar-refractivity contribution in [3.05, 3.63) is 58.6 Å². The minimum atomic E-state index is -0.0318. The first-order valence-electron chi connectivity index (χ1n) is 7.38. The molecule has 1 amide bonds. The number of hydrogen-bond acceptors (Lipinski definition) is 3. The van der Waals surface area contributed by atoms with Crippen LogP contribution in [0.5, 0.6) is 5.75 Å². The molecule has 23 heavy (non-hydrogen) atoms. The van der Waals surface area contributed by atoms with Gasteiger partial charge in [0.05, 0.1) is 12.4 Å². The number of aryl methyl sites for hydroxylation is 1. The lowest BCUT2D eigenvalue weighted by molar-refractivity contribution is -0.113. The molecule has 0 aliphatic heterocycles. The average Bonchev–Trinajstić information content (AvgIpc) is 2.53. The van der Waals surface area contributed by atoms with Gasteiger partial charge in [0, 0.05) is 16.5 Å². The number of carbonyl (C=O) groups is 1. The lowest BCUT2D eigenvalue weighted by atomic mass is 10.2. The van der Waals surface area contributed by atoms with E-state index in [-0.39, 0.29) is 5.91 Å². The highest BCUT2D eigenvalue weighted by atomic mass is 35.5. The number of thioether (sulfide) groups is 1. The largest absolute Gasteiger partial charge is 0.493 e. The summed E-state index contributed by atoms with van der Waals surface area (Å²) in [6.45, 7) is 4.51. The molecule has 0 atom stereocenters. The molecule has 0 saturated carbocycles. The summed E-state index contributed by atoms with van der Waals surface area (Å²) in [4.78, 5) is 11.9. The van der Waals surface area contributed by atoms with Gasteiger partial charge in [0.15, 0.2) is 0 Å². The Morgan fingerprint density at radius 1 is 1.17 bits per heavy atom. The van der Waals surface area contributed by atoms with Gasteiger partial charge in [-0.2, -0.15) is 0 Å². The number of nitrogens with one attached hydrogen (secondary N) is 1. The van der Waals surface area contributed by atoms with Crippen LogP contribution in [0.1, 0.15) is 11.1 Å². The summed E-state index contributed by atoms with van der Waals surface area (Å²) in [6.07, 6.45) is 0. The minimum absolute atomic E-state index is 0.0318. The molecule has 0 aliphatic carbocycles.